The van der Waals surface area contributed by atoms with Gasteiger partial charge in [0.1, 0.15) is 6.54 Å². The second kappa shape index (κ2) is 10.2. The third-order valence-corrected chi connectivity index (χ3v) is 6.20. The molecule has 0 fully saturated rings. The van der Waals surface area contributed by atoms with Gasteiger partial charge in [0, 0.05) is 44.8 Å². The van der Waals surface area contributed by atoms with Crippen molar-refractivity contribution in [1.82, 2.24) is 9.47 Å². The molecule has 0 atom stereocenters. The number of fused-ring (bicyclic) bond motifs is 1. The van der Waals surface area contributed by atoms with Crippen molar-refractivity contribution in [3.63, 3.8) is 0 Å². The van der Waals surface area contributed by atoms with E-state index in [1.165, 1.54) is 11.8 Å². The molecule has 0 unspecified atom stereocenters. The maximum atomic E-state index is 13.0. The highest BCUT2D eigenvalue weighted by atomic mass is 35.5. The van der Waals surface area contributed by atoms with Crippen LogP contribution >= 0.6 is 23.4 Å². The summed E-state index contributed by atoms with van der Waals surface area (Å²) in [7, 11) is 0. The smallest absolute Gasteiger partial charge is 0.242 e. The van der Waals surface area contributed by atoms with Crippen molar-refractivity contribution in [2.45, 2.75) is 51.2 Å². The van der Waals surface area contributed by atoms with Gasteiger partial charge < -0.3 is 14.8 Å². The third kappa shape index (κ3) is 5.83. The average Bonchev–Trinajstić information content (AvgIpc) is 3.03. The van der Waals surface area contributed by atoms with Crippen LogP contribution in [0.1, 0.15) is 27.7 Å². The lowest BCUT2D eigenvalue weighted by molar-refractivity contribution is -0.135. The highest BCUT2D eigenvalue weighted by molar-refractivity contribution is 8.00. The zero-order chi connectivity index (χ0) is 22.5. The van der Waals surface area contributed by atoms with Crippen LogP contribution in [0.25, 0.3) is 10.9 Å². The van der Waals surface area contributed by atoms with Gasteiger partial charge in [-0.15, -0.1) is 11.8 Å². The molecule has 0 saturated heterocycles. The van der Waals surface area contributed by atoms with Crippen molar-refractivity contribution in [3.05, 3.63) is 59.8 Å². The van der Waals surface area contributed by atoms with Gasteiger partial charge in [-0.1, -0.05) is 35.9 Å². The molecular weight excluding hydrogens is 430 g/mol. The highest BCUT2D eigenvalue weighted by Crippen LogP contribution is 2.30. The van der Waals surface area contributed by atoms with Crippen LogP contribution < -0.4 is 5.32 Å². The molecule has 2 aromatic carbocycles. The molecular formula is C24H28ClN3O2S. The molecule has 0 saturated carbocycles. The van der Waals surface area contributed by atoms with E-state index < -0.39 is 0 Å². The number of nitrogens with one attached hydrogen (secondary N) is 1. The maximum Gasteiger partial charge on any atom is 0.242 e. The number of nitrogens with zero attached hydrogens (tertiary/aromatic N) is 2. The van der Waals surface area contributed by atoms with Crippen LogP contribution in [-0.2, 0) is 16.1 Å². The molecule has 5 nitrogen and oxygen atoms in total. The van der Waals surface area contributed by atoms with E-state index in [0.717, 1.165) is 15.8 Å². The van der Waals surface area contributed by atoms with Gasteiger partial charge in [-0.3, -0.25) is 9.59 Å². The Bertz CT molecular complexity index is 1070. The summed E-state index contributed by atoms with van der Waals surface area (Å²) in [5.41, 5.74) is 1.66. The molecule has 1 N–H and O–H groups in total. The molecule has 1 aromatic heterocycles. The number of benzene rings is 2. The van der Waals surface area contributed by atoms with E-state index in [2.05, 4.69) is 5.32 Å². The van der Waals surface area contributed by atoms with Crippen LogP contribution in [0.5, 0.6) is 0 Å². The zero-order valence-electron chi connectivity index (χ0n) is 18.3. The average molecular weight is 458 g/mol. The summed E-state index contributed by atoms with van der Waals surface area (Å²) in [5.74, 6) is 0.241. The Morgan fingerprint density at radius 1 is 1.06 bits per heavy atom. The summed E-state index contributed by atoms with van der Waals surface area (Å²) in [6, 6.07) is 15.3. The predicted octanol–water partition coefficient (Wildman–Crippen LogP) is 5.67. The molecule has 1 heterocycles. The van der Waals surface area contributed by atoms with Crippen LogP contribution in [0, 0.1) is 0 Å². The van der Waals surface area contributed by atoms with Gasteiger partial charge in [0.2, 0.25) is 11.8 Å². The summed E-state index contributed by atoms with van der Waals surface area (Å²) >= 11 is 7.44. The minimum atomic E-state index is -0.106. The second-order valence-electron chi connectivity index (χ2n) is 7.97. The first-order valence-electron chi connectivity index (χ1n) is 10.3. The Kier molecular flexibility index (Phi) is 7.68. The molecule has 0 bridgehead atoms. The first-order chi connectivity index (χ1) is 14.8. The number of hydrogen-bond donors (Lipinski definition) is 1. The molecule has 31 heavy (non-hydrogen) atoms. The quantitative estimate of drug-likeness (QED) is 0.443. The Hall–Kier alpha value is -2.44. The molecule has 0 radical (unpaired) electrons. The Balaban J connectivity index is 1.75. The van der Waals surface area contributed by atoms with Crippen LogP contribution in [0.4, 0.5) is 5.69 Å². The third-order valence-electron chi connectivity index (χ3n) is 4.93. The summed E-state index contributed by atoms with van der Waals surface area (Å²) < 4.78 is 1.98. The van der Waals surface area contributed by atoms with Crippen LogP contribution in [0.2, 0.25) is 5.02 Å². The van der Waals surface area contributed by atoms with Crippen molar-refractivity contribution in [2.24, 2.45) is 0 Å². The summed E-state index contributed by atoms with van der Waals surface area (Å²) in [6.07, 6.45) is 1.97. The van der Waals surface area contributed by atoms with Gasteiger partial charge in [0.05, 0.1) is 5.75 Å². The van der Waals surface area contributed by atoms with E-state index in [1.807, 2.05) is 67.6 Å². The minimum Gasteiger partial charge on any atom is -0.337 e. The second-order valence-corrected chi connectivity index (χ2v) is 9.43. The van der Waals surface area contributed by atoms with Gasteiger partial charge in [0.25, 0.3) is 0 Å². The number of carbonyl (C=O) groups excluding carboxylic acids is 2. The van der Waals surface area contributed by atoms with Crippen molar-refractivity contribution >= 4 is 51.8 Å². The molecule has 0 aliphatic rings. The Labute approximate surface area is 192 Å². The van der Waals surface area contributed by atoms with Gasteiger partial charge >= 0.3 is 0 Å². The van der Waals surface area contributed by atoms with E-state index in [4.69, 9.17) is 11.6 Å². The van der Waals surface area contributed by atoms with Gasteiger partial charge in [-0.05, 0) is 52.0 Å². The number of para-hydroxylation sites is 1. The SMILES string of the molecule is CC(C)N(C(=O)Cn1cc(SCC(=O)Nc2cccc(Cl)c2)c2ccccc21)C(C)C. The first-order valence-corrected chi connectivity index (χ1v) is 11.7. The fourth-order valence-corrected chi connectivity index (χ4v) is 4.84. The van der Waals surface area contributed by atoms with Crippen molar-refractivity contribution in [3.8, 4) is 0 Å². The minimum absolute atomic E-state index is 0.0843. The molecule has 3 aromatic rings. The van der Waals surface area contributed by atoms with Crippen LogP contribution in [-0.4, -0.2) is 39.1 Å². The molecule has 0 aliphatic heterocycles. The lowest BCUT2D eigenvalue weighted by Crippen LogP contribution is -2.43. The number of amides is 2. The zero-order valence-corrected chi connectivity index (χ0v) is 19.8. The summed E-state index contributed by atoms with van der Waals surface area (Å²) in [5, 5.41) is 4.49. The number of carbonyl (C=O) groups is 2. The van der Waals surface area contributed by atoms with E-state index in [-0.39, 0.29) is 36.2 Å². The van der Waals surface area contributed by atoms with Crippen molar-refractivity contribution < 1.29 is 9.59 Å². The lowest BCUT2D eigenvalue weighted by atomic mass is 10.2. The highest BCUT2D eigenvalue weighted by Gasteiger charge is 2.21. The number of anilines is 1. The molecule has 7 heteroatoms. The van der Waals surface area contributed by atoms with Gasteiger partial charge in [0.15, 0.2) is 0 Å². The lowest BCUT2D eigenvalue weighted by Gasteiger charge is -2.31. The number of rotatable bonds is 8. The molecule has 164 valence electrons. The van der Waals surface area contributed by atoms with Crippen molar-refractivity contribution in [2.75, 3.05) is 11.1 Å². The Morgan fingerprint density at radius 2 is 1.77 bits per heavy atom. The first kappa shape index (κ1) is 23.2. The standard InChI is InChI=1S/C24H28ClN3O2S/c1-16(2)28(17(3)4)24(30)14-27-13-22(20-10-5-6-11-21(20)27)31-15-23(29)26-19-9-7-8-18(25)12-19/h5-13,16-17H,14-15H2,1-4H3,(H,26,29). The van der Waals surface area contributed by atoms with E-state index in [0.29, 0.717) is 10.7 Å². The van der Waals surface area contributed by atoms with Gasteiger partial charge in [-0.25, -0.2) is 0 Å². The number of thioether (sulfide) groups is 1. The Morgan fingerprint density at radius 3 is 2.45 bits per heavy atom. The predicted molar refractivity (Wildman–Crippen MR) is 130 cm³/mol. The van der Waals surface area contributed by atoms with E-state index >= 15 is 0 Å². The topological polar surface area (TPSA) is 54.3 Å². The molecule has 3 rings (SSSR count). The number of halogens is 1. The molecule has 0 spiro atoms. The van der Waals surface area contributed by atoms with E-state index in [1.54, 1.807) is 24.3 Å². The fourth-order valence-electron chi connectivity index (χ4n) is 3.77. The number of aromatic nitrogens is 1. The van der Waals surface area contributed by atoms with E-state index in [9.17, 15) is 9.59 Å². The normalized spacial score (nSPS) is 11.3. The largest absolute Gasteiger partial charge is 0.337 e. The van der Waals surface area contributed by atoms with Gasteiger partial charge in [-0.2, -0.15) is 0 Å². The van der Waals surface area contributed by atoms with Crippen LogP contribution in [0.3, 0.4) is 0 Å². The fraction of sp³-hybridized carbons (Fsp3) is 0.333. The monoisotopic (exact) mass is 457 g/mol. The van der Waals surface area contributed by atoms with Crippen molar-refractivity contribution in [1.29, 1.82) is 0 Å². The molecule has 2 amide bonds. The maximum absolute atomic E-state index is 13.0. The number of hydrogen-bond acceptors (Lipinski definition) is 3. The molecule has 0 aliphatic carbocycles. The summed E-state index contributed by atoms with van der Waals surface area (Å²) in [4.78, 5) is 28.3. The van der Waals surface area contributed by atoms with Crippen LogP contribution in [0.15, 0.2) is 59.6 Å². The summed E-state index contributed by atoms with van der Waals surface area (Å²) in [6.45, 7) is 8.40.